The molecule has 63 heavy (non-hydrogen) atoms. The van der Waals surface area contributed by atoms with Crippen molar-refractivity contribution in [2.45, 2.75) is 90.4 Å². The van der Waals surface area contributed by atoms with Gasteiger partial charge in [-0.15, -0.1) is 32.9 Å². The molecule has 2 aliphatic rings. The molecule has 5 atom stereocenters. The number of phenolic OH excluding ortho intramolecular Hbond substituents is 1. The Morgan fingerprint density at radius 1 is 0.968 bits per heavy atom. The van der Waals surface area contributed by atoms with Crippen LogP contribution in [0.1, 0.15) is 79.3 Å². The molecule has 324 valence electrons. The van der Waals surface area contributed by atoms with E-state index in [1.807, 2.05) is 68.7 Å². The highest BCUT2D eigenvalue weighted by molar-refractivity contribution is 7.19. The molecule has 2 aromatic carbocycles. The molecule has 14 nitrogen and oxygen atoms in total. The molecule has 0 radical (unpaired) electrons. The molecule has 0 bridgehead atoms. The fourth-order valence-electron chi connectivity index (χ4n) is 9.01. The highest BCUT2D eigenvalue weighted by atomic mass is 32.1. The molecule has 0 aliphatic carbocycles. The van der Waals surface area contributed by atoms with Gasteiger partial charge in [0.25, 0.3) is 0 Å². The van der Waals surface area contributed by atoms with E-state index in [2.05, 4.69) is 44.4 Å². The Bertz CT molecular complexity index is 2770. The molecule has 7 heterocycles. The number of nitrogens with zero attached hydrogens (tertiary/aromatic N) is 8. The van der Waals surface area contributed by atoms with Crippen molar-refractivity contribution in [2.75, 3.05) is 18.0 Å². The maximum Gasteiger partial charge on any atom is 0.243 e. The van der Waals surface area contributed by atoms with Gasteiger partial charge in [0.05, 0.1) is 27.9 Å². The second-order valence-electron chi connectivity index (χ2n) is 17.0. The molecular formula is C47H49N9O5S2. The minimum absolute atomic E-state index is 0.0507. The van der Waals surface area contributed by atoms with Gasteiger partial charge >= 0.3 is 0 Å². The number of para-hydroxylation sites is 1. The van der Waals surface area contributed by atoms with E-state index >= 15 is 0 Å². The third-order valence-corrected chi connectivity index (χ3v) is 14.8. The number of phenols is 1. The number of thiazole rings is 1. The third-order valence-electron chi connectivity index (χ3n) is 12.4. The first-order valence-electron chi connectivity index (χ1n) is 21.3. The first-order valence-corrected chi connectivity index (χ1v) is 23.0. The molecule has 0 saturated carbocycles. The van der Waals surface area contributed by atoms with Crippen molar-refractivity contribution in [3.8, 4) is 38.7 Å². The number of benzene rings is 2. The number of aliphatic hydroxyl groups is 1. The first kappa shape index (κ1) is 42.2. The highest BCUT2D eigenvalue weighted by Crippen LogP contribution is 2.42. The number of β-amino-alcohol motifs (C(OH)–C–C–N with tert-alkyl or cyclic N) is 1. The van der Waals surface area contributed by atoms with Crippen LogP contribution in [-0.2, 0) is 16.1 Å². The molecule has 16 heteroatoms. The number of hydrogen-bond acceptors (Lipinski definition) is 14. The second kappa shape index (κ2) is 17.6. The van der Waals surface area contributed by atoms with E-state index in [9.17, 15) is 19.8 Å². The monoisotopic (exact) mass is 883 g/mol. The number of thiophene rings is 1. The Balaban J connectivity index is 0.837. The van der Waals surface area contributed by atoms with Gasteiger partial charge in [-0.3, -0.25) is 9.59 Å². The number of rotatable bonds is 11. The molecule has 2 aliphatic heterocycles. The van der Waals surface area contributed by atoms with E-state index in [0.717, 1.165) is 51.3 Å². The number of piperidine rings is 1. The summed E-state index contributed by atoms with van der Waals surface area (Å²) in [7, 11) is 0. The van der Waals surface area contributed by atoms with Gasteiger partial charge in [-0.25, -0.2) is 15.0 Å². The molecular weight excluding hydrogens is 835 g/mol. The summed E-state index contributed by atoms with van der Waals surface area (Å²) in [6.07, 6.45) is 4.65. The Morgan fingerprint density at radius 3 is 2.46 bits per heavy atom. The molecule has 9 rings (SSSR count). The summed E-state index contributed by atoms with van der Waals surface area (Å²) >= 11 is 3.29. The van der Waals surface area contributed by atoms with Crippen LogP contribution in [0.4, 0.5) is 5.95 Å². The molecule has 3 N–H and O–H groups in total. The summed E-state index contributed by atoms with van der Waals surface area (Å²) in [6, 6.07) is 18.3. The van der Waals surface area contributed by atoms with Crippen molar-refractivity contribution in [2.24, 2.45) is 5.92 Å². The van der Waals surface area contributed by atoms with Crippen LogP contribution in [0.3, 0.4) is 0 Å². The molecule has 5 aromatic heterocycles. The average Bonchev–Trinajstić information content (AvgIpc) is 4.10. The summed E-state index contributed by atoms with van der Waals surface area (Å²) in [4.78, 5) is 48.7. The molecule has 0 unspecified atom stereocenters. The Morgan fingerprint density at radius 2 is 1.75 bits per heavy atom. The topological polar surface area (TPSA) is 184 Å². The number of nitrogens with one attached hydrogen (secondary N) is 1. The maximum absolute atomic E-state index is 14.3. The second-order valence-corrected chi connectivity index (χ2v) is 18.9. The fourth-order valence-corrected chi connectivity index (χ4v) is 11.1. The average molecular weight is 884 g/mol. The minimum Gasteiger partial charge on any atom is -0.507 e. The van der Waals surface area contributed by atoms with Gasteiger partial charge in [0, 0.05) is 71.9 Å². The lowest BCUT2D eigenvalue weighted by molar-refractivity contribution is -0.141. The summed E-state index contributed by atoms with van der Waals surface area (Å²) in [5, 5.41) is 38.4. The number of aromatic nitrogens is 6. The number of aryl methyl sites for hydroxylation is 2. The SMILES string of the molecule is Cc1ncsc1-c1ccc(CNC(=O)[C@@H]2C[C@@H](O)CN2C(=O)[C@@H](c2cc(-c3cnc(N4CC[C@@H](c5sc6nnc(-c7ccccc7O)cc6c5C)C[C@H]4C)nc3)no2)C(C)C)cc1. The minimum atomic E-state index is -0.825. The number of hydrogen-bond donors (Lipinski definition) is 3. The summed E-state index contributed by atoms with van der Waals surface area (Å²) in [6.45, 7) is 11.3. The van der Waals surface area contributed by atoms with Crippen LogP contribution in [0.15, 0.2) is 83.1 Å². The van der Waals surface area contributed by atoms with Crippen LogP contribution in [0, 0.1) is 19.8 Å². The Labute approximate surface area is 373 Å². The van der Waals surface area contributed by atoms with Crippen molar-refractivity contribution in [3.63, 3.8) is 0 Å². The highest BCUT2D eigenvalue weighted by Gasteiger charge is 2.43. The van der Waals surface area contributed by atoms with Crippen molar-refractivity contribution in [3.05, 3.63) is 106 Å². The van der Waals surface area contributed by atoms with Gasteiger partial charge in [-0.05, 0) is 80.3 Å². The van der Waals surface area contributed by atoms with Gasteiger partial charge in [0.15, 0.2) is 0 Å². The molecule has 2 fully saturated rings. The van der Waals surface area contributed by atoms with Crippen molar-refractivity contribution < 1.29 is 24.3 Å². The van der Waals surface area contributed by atoms with Crippen molar-refractivity contribution >= 4 is 50.7 Å². The number of fused-ring (bicyclic) bond motifs is 1. The summed E-state index contributed by atoms with van der Waals surface area (Å²) in [5.41, 5.74) is 8.48. The van der Waals surface area contributed by atoms with E-state index in [4.69, 9.17) is 14.5 Å². The number of carbonyl (C=O) groups is 2. The van der Waals surface area contributed by atoms with Crippen LogP contribution in [0.2, 0.25) is 0 Å². The predicted octanol–water partition coefficient (Wildman–Crippen LogP) is 8.04. The Kier molecular flexibility index (Phi) is 11.8. The number of anilines is 1. The Hall–Kier alpha value is -6.10. The quantitative estimate of drug-likeness (QED) is 0.114. The summed E-state index contributed by atoms with van der Waals surface area (Å²) < 4.78 is 5.83. The molecule has 2 saturated heterocycles. The normalized spacial score (nSPS) is 19.5. The number of amides is 2. The lowest BCUT2D eigenvalue weighted by Crippen LogP contribution is -2.48. The number of carbonyl (C=O) groups excluding carboxylic acids is 2. The zero-order chi connectivity index (χ0) is 43.9. The van der Waals surface area contributed by atoms with Crippen LogP contribution < -0.4 is 10.2 Å². The van der Waals surface area contributed by atoms with Gasteiger partial charge in [0.1, 0.15) is 34.0 Å². The smallest absolute Gasteiger partial charge is 0.243 e. The van der Waals surface area contributed by atoms with Gasteiger partial charge in [0.2, 0.25) is 17.8 Å². The van der Waals surface area contributed by atoms with E-state index in [-0.39, 0.29) is 42.5 Å². The predicted molar refractivity (Wildman–Crippen MR) is 243 cm³/mol. The van der Waals surface area contributed by atoms with E-state index < -0.39 is 18.1 Å². The van der Waals surface area contributed by atoms with E-state index in [1.165, 1.54) is 15.3 Å². The number of likely N-dealkylation sites (tertiary alicyclic amines) is 1. The van der Waals surface area contributed by atoms with Gasteiger partial charge < -0.3 is 29.9 Å². The molecule has 0 spiro atoms. The van der Waals surface area contributed by atoms with Crippen LogP contribution >= 0.6 is 22.7 Å². The van der Waals surface area contributed by atoms with Crippen molar-refractivity contribution in [1.29, 1.82) is 0 Å². The molecule has 7 aromatic rings. The fraction of sp³-hybridized carbons (Fsp3) is 0.362. The maximum atomic E-state index is 14.3. The van der Waals surface area contributed by atoms with Crippen LogP contribution in [-0.4, -0.2) is 88.5 Å². The van der Waals surface area contributed by atoms with Crippen molar-refractivity contribution in [1.82, 2.24) is 40.5 Å². The van der Waals surface area contributed by atoms with Crippen LogP contribution in [0.5, 0.6) is 5.75 Å². The first-order chi connectivity index (χ1) is 30.4. The van der Waals surface area contributed by atoms with Gasteiger partial charge in [-0.1, -0.05) is 55.4 Å². The van der Waals surface area contributed by atoms with E-state index in [1.54, 1.807) is 53.3 Å². The lowest BCUT2D eigenvalue weighted by atomic mass is 9.88. The zero-order valence-corrected chi connectivity index (χ0v) is 37.4. The number of aromatic hydroxyl groups is 1. The zero-order valence-electron chi connectivity index (χ0n) is 35.7. The standard InChI is InChI=1S/C47H49N9O5S2/c1-25(2)41(46(60)56-23-33(57)17-38(56)44(59)48-20-29-10-12-30(13-11-29)43-28(5)51-24-62-43)40-19-36(54-61-40)32-21-49-47(50-22-32)55-15-14-31(16-26(55)3)42-27(4)35-18-37(52-53-45(35)63-42)34-8-6-7-9-39(34)58/h6-13,18-19,21-22,24-26,31,33,38,41,57-58H,14-17,20,23H2,1-5H3,(H,48,59)/t26-,31-,33-,38+,41-/m1/s1. The van der Waals surface area contributed by atoms with Crippen LogP contribution in [0.25, 0.3) is 43.2 Å². The van der Waals surface area contributed by atoms with Gasteiger partial charge in [-0.2, -0.15) is 0 Å². The number of aliphatic hydroxyl groups excluding tert-OH is 1. The third kappa shape index (κ3) is 8.42. The van der Waals surface area contributed by atoms with E-state index in [0.29, 0.717) is 46.7 Å². The molecule has 2 amide bonds. The summed E-state index contributed by atoms with van der Waals surface area (Å²) in [5.74, 6) is 0.0141. The largest absolute Gasteiger partial charge is 0.507 e. The lowest BCUT2D eigenvalue weighted by Gasteiger charge is -2.37.